The van der Waals surface area contributed by atoms with Gasteiger partial charge >= 0.3 is 0 Å². The van der Waals surface area contributed by atoms with E-state index in [0.717, 1.165) is 6.42 Å². The van der Waals surface area contributed by atoms with Crippen LogP contribution in [-0.4, -0.2) is 28.3 Å². The number of halogens is 1. The van der Waals surface area contributed by atoms with E-state index in [-0.39, 0.29) is 23.2 Å². The molecule has 0 saturated carbocycles. The molecule has 19 heavy (non-hydrogen) atoms. The van der Waals surface area contributed by atoms with E-state index in [9.17, 15) is 14.9 Å². The van der Waals surface area contributed by atoms with Gasteiger partial charge in [0.15, 0.2) is 0 Å². The second kappa shape index (κ2) is 6.52. The first kappa shape index (κ1) is 15.4. The third-order valence-electron chi connectivity index (χ3n) is 2.73. The number of hydrogen-bond donors (Lipinski definition) is 0. The summed E-state index contributed by atoms with van der Waals surface area (Å²) in [5.74, 6) is -0.356. The highest BCUT2D eigenvalue weighted by atomic mass is 35.5. The fraction of sp³-hybridized carbons (Fsp3) is 0.462. The Hall–Kier alpha value is -1.62. The maximum atomic E-state index is 12.4. The van der Waals surface area contributed by atoms with Crippen LogP contribution in [0.15, 0.2) is 18.2 Å². The number of rotatable bonds is 5. The molecule has 0 atom stereocenters. The lowest BCUT2D eigenvalue weighted by molar-refractivity contribution is -0.385. The fourth-order valence-electron chi connectivity index (χ4n) is 1.83. The molecule has 0 spiro atoms. The van der Waals surface area contributed by atoms with Crippen molar-refractivity contribution in [2.24, 2.45) is 0 Å². The van der Waals surface area contributed by atoms with Crippen LogP contribution in [0.25, 0.3) is 0 Å². The summed E-state index contributed by atoms with van der Waals surface area (Å²) in [7, 11) is 0. The molecule has 1 rings (SSSR count). The van der Waals surface area contributed by atoms with Gasteiger partial charge in [-0.2, -0.15) is 0 Å². The summed E-state index contributed by atoms with van der Waals surface area (Å²) in [5.41, 5.74) is -0.171. The zero-order chi connectivity index (χ0) is 14.6. The molecular formula is C13H17ClN2O3. The number of amides is 1. The van der Waals surface area contributed by atoms with Crippen LogP contribution in [-0.2, 0) is 0 Å². The average molecular weight is 285 g/mol. The van der Waals surface area contributed by atoms with Crippen LogP contribution >= 0.6 is 11.6 Å². The molecule has 1 amide bonds. The van der Waals surface area contributed by atoms with Gasteiger partial charge in [-0.1, -0.05) is 18.5 Å². The molecule has 0 fully saturated rings. The van der Waals surface area contributed by atoms with Gasteiger partial charge in [-0.3, -0.25) is 14.9 Å². The van der Waals surface area contributed by atoms with Crippen molar-refractivity contribution in [1.82, 2.24) is 4.90 Å². The highest BCUT2D eigenvalue weighted by Crippen LogP contribution is 2.24. The molecule has 1 aromatic carbocycles. The molecule has 104 valence electrons. The quantitative estimate of drug-likeness (QED) is 0.614. The summed E-state index contributed by atoms with van der Waals surface area (Å²) in [4.78, 5) is 24.4. The van der Waals surface area contributed by atoms with Crippen LogP contribution in [0.3, 0.4) is 0 Å². The van der Waals surface area contributed by atoms with E-state index in [1.807, 2.05) is 20.8 Å². The Morgan fingerprint density at radius 3 is 2.58 bits per heavy atom. The fourth-order valence-corrected chi connectivity index (χ4v) is 2.00. The number of nitro groups is 1. The van der Waals surface area contributed by atoms with Gasteiger partial charge in [-0.05, 0) is 32.4 Å². The largest absolute Gasteiger partial charge is 0.336 e. The van der Waals surface area contributed by atoms with E-state index in [4.69, 9.17) is 11.6 Å². The Morgan fingerprint density at radius 1 is 1.47 bits per heavy atom. The van der Waals surface area contributed by atoms with Crippen molar-refractivity contribution in [3.05, 3.63) is 38.9 Å². The number of nitrogens with zero attached hydrogens (tertiary/aromatic N) is 2. The van der Waals surface area contributed by atoms with Gasteiger partial charge in [0.05, 0.1) is 4.92 Å². The number of hydrogen-bond acceptors (Lipinski definition) is 3. The third kappa shape index (κ3) is 3.67. The summed E-state index contributed by atoms with van der Waals surface area (Å²) in [6, 6.07) is 4.01. The van der Waals surface area contributed by atoms with E-state index in [2.05, 4.69) is 0 Å². The van der Waals surface area contributed by atoms with E-state index < -0.39 is 4.92 Å². The van der Waals surface area contributed by atoms with Gasteiger partial charge in [0.1, 0.15) is 5.56 Å². The molecule has 0 bridgehead atoms. The minimum Gasteiger partial charge on any atom is -0.336 e. The number of carbonyl (C=O) groups is 1. The molecule has 0 N–H and O–H groups in total. The van der Waals surface area contributed by atoms with E-state index in [1.54, 1.807) is 4.90 Å². The van der Waals surface area contributed by atoms with Crippen molar-refractivity contribution in [3.63, 3.8) is 0 Å². The zero-order valence-corrected chi connectivity index (χ0v) is 12.0. The van der Waals surface area contributed by atoms with Gasteiger partial charge in [-0.25, -0.2) is 0 Å². The lowest BCUT2D eigenvalue weighted by atomic mass is 10.1. The summed E-state index contributed by atoms with van der Waals surface area (Å²) in [5, 5.41) is 11.3. The van der Waals surface area contributed by atoms with Gasteiger partial charge in [0, 0.05) is 23.7 Å². The molecule has 0 aliphatic carbocycles. The van der Waals surface area contributed by atoms with E-state index >= 15 is 0 Å². The second-order valence-corrected chi connectivity index (χ2v) is 4.95. The second-order valence-electron chi connectivity index (χ2n) is 4.51. The van der Waals surface area contributed by atoms with Crippen LogP contribution in [0.5, 0.6) is 0 Å². The molecular weight excluding hydrogens is 268 g/mol. The number of benzene rings is 1. The van der Waals surface area contributed by atoms with Gasteiger partial charge < -0.3 is 4.90 Å². The van der Waals surface area contributed by atoms with E-state index in [1.165, 1.54) is 18.2 Å². The third-order valence-corrected chi connectivity index (χ3v) is 2.97. The molecule has 6 heteroatoms. The van der Waals surface area contributed by atoms with E-state index in [0.29, 0.717) is 11.6 Å². The van der Waals surface area contributed by atoms with Gasteiger partial charge in [-0.15, -0.1) is 0 Å². The Morgan fingerprint density at radius 2 is 2.11 bits per heavy atom. The first-order valence-electron chi connectivity index (χ1n) is 6.13. The summed E-state index contributed by atoms with van der Waals surface area (Å²) in [6.07, 6.45) is 0.790. The molecule has 0 aromatic heterocycles. The van der Waals surface area contributed by atoms with Crippen LogP contribution in [0.4, 0.5) is 5.69 Å². The highest BCUT2D eigenvalue weighted by Gasteiger charge is 2.26. The highest BCUT2D eigenvalue weighted by molar-refractivity contribution is 6.31. The number of nitro benzene ring substituents is 1. The Balaban J connectivity index is 3.23. The maximum absolute atomic E-state index is 12.4. The Kier molecular flexibility index (Phi) is 5.30. The normalized spacial score (nSPS) is 10.6. The molecule has 0 unspecified atom stereocenters. The first-order valence-corrected chi connectivity index (χ1v) is 6.51. The molecule has 0 heterocycles. The maximum Gasteiger partial charge on any atom is 0.282 e. The van der Waals surface area contributed by atoms with Gasteiger partial charge in [0.25, 0.3) is 11.6 Å². The SMILES string of the molecule is CCCN(C(=O)c1cc(Cl)ccc1[N+](=O)[O-])C(C)C. The van der Waals surface area contributed by atoms with Crippen molar-refractivity contribution in [2.45, 2.75) is 33.2 Å². The van der Waals surface area contributed by atoms with Crippen molar-refractivity contribution in [2.75, 3.05) is 6.54 Å². The Labute approximate surface area is 117 Å². The molecule has 0 aliphatic rings. The van der Waals surface area contributed by atoms with Gasteiger partial charge in [0.2, 0.25) is 0 Å². The molecule has 5 nitrogen and oxygen atoms in total. The lowest BCUT2D eigenvalue weighted by Crippen LogP contribution is -2.37. The minimum absolute atomic E-state index is 0.0222. The predicted octanol–water partition coefficient (Wildman–Crippen LogP) is 3.51. The van der Waals surface area contributed by atoms with Crippen molar-refractivity contribution < 1.29 is 9.72 Å². The number of carbonyl (C=O) groups excluding carboxylic acids is 1. The predicted molar refractivity (Wildman–Crippen MR) is 74.6 cm³/mol. The zero-order valence-electron chi connectivity index (χ0n) is 11.2. The summed E-state index contributed by atoms with van der Waals surface area (Å²) >= 11 is 5.83. The summed E-state index contributed by atoms with van der Waals surface area (Å²) < 4.78 is 0. The smallest absolute Gasteiger partial charge is 0.282 e. The van der Waals surface area contributed by atoms with Crippen LogP contribution in [0.2, 0.25) is 5.02 Å². The lowest BCUT2D eigenvalue weighted by Gasteiger charge is -2.26. The Bertz CT molecular complexity index is 489. The van der Waals surface area contributed by atoms with Crippen molar-refractivity contribution in [3.8, 4) is 0 Å². The monoisotopic (exact) mass is 284 g/mol. The topological polar surface area (TPSA) is 63.5 Å². The van der Waals surface area contributed by atoms with Crippen molar-refractivity contribution >= 4 is 23.2 Å². The van der Waals surface area contributed by atoms with Crippen LogP contribution in [0, 0.1) is 10.1 Å². The molecule has 0 aliphatic heterocycles. The minimum atomic E-state index is -0.561. The summed E-state index contributed by atoms with van der Waals surface area (Å²) in [6.45, 7) is 6.27. The van der Waals surface area contributed by atoms with Crippen molar-refractivity contribution in [1.29, 1.82) is 0 Å². The average Bonchev–Trinajstić information content (AvgIpc) is 2.34. The van der Waals surface area contributed by atoms with Crippen LogP contribution in [0.1, 0.15) is 37.6 Å². The molecule has 0 saturated heterocycles. The molecule has 1 aromatic rings. The standard InChI is InChI=1S/C13H17ClN2O3/c1-4-7-15(9(2)3)13(17)11-8-10(14)5-6-12(11)16(18)19/h5-6,8-9H,4,7H2,1-3H3. The first-order chi connectivity index (χ1) is 8.88. The molecule has 0 radical (unpaired) electrons. The van der Waals surface area contributed by atoms with Crippen LogP contribution < -0.4 is 0 Å².